The van der Waals surface area contributed by atoms with Crippen LogP contribution in [0.15, 0.2) is 0 Å². The molecule has 0 aliphatic rings. The Hall–Kier alpha value is -7.18. The van der Waals surface area contributed by atoms with Crippen molar-refractivity contribution in [3.63, 3.8) is 0 Å². The van der Waals surface area contributed by atoms with Crippen molar-refractivity contribution in [2.45, 2.75) is 320 Å². The predicted molar refractivity (Wildman–Crippen MR) is 517 cm³/mol. The first-order valence-electron chi connectivity index (χ1n) is 45.3. The predicted octanol–water partition coefficient (Wildman–Crippen LogP) is -1.87. The summed E-state index contributed by atoms with van der Waals surface area (Å²) in [5.74, 6) is -7.34. The van der Waals surface area contributed by atoms with Gasteiger partial charge in [0.05, 0.1) is 43.9 Å². The van der Waals surface area contributed by atoms with Gasteiger partial charge in [0.15, 0.2) is 35.7 Å². The van der Waals surface area contributed by atoms with E-state index in [0.29, 0.717) is 70.9 Å². The van der Waals surface area contributed by atoms with Crippen LogP contribution in [0.3, 0.4) is 0 Å². The lowest BCUT2D eigenvalue weighted by Crippen LogP contribution is -2.53. The summed E-state index contributed by atoms with van der Waals surface area (Å²) in [4.78, 5) is 176. The topological polar surface area (TPSA) is 782 Å². The van der Waals surface area contributed by atoms with E-state index in [1.165, 1.54) is 39.5 Å². The summed E-state index contributed by atoms with van der Waals surface area (Å²) in [5, 5.41) is 152. The fourth-order valence-electron chi connectivity index (χ4n) is 8.25. The minimum atomic E-state index is -2.19. The maximum Gasteiger partial charge on any atom is 0.321 e. The van der Waals surface area contributed by atoms with Crippen molar-refractivity contribution in [2.24, 2.45) is 28.9 Å². The number of carboxylic acid groups (broad SMARTS) is 2. The van der Waals surface area contributed by atoms with Crippen molar-refractivity contribution in [1.82, 2.24) is 37.2 Å². The Morgan fingerprint density at radius 3 is 0.993 bits per heavy atom. The largest absolute Gasteiger partial charge is 0.481 e. The van der Waals surface area contributed by atoms with Gasteiger partial charge < -0.3 is 165 Å². The number of aliphatic hydroxyl groups excluding tert-OH is 12. The van der Waals surface area contributed by atoms with Crippen LogP contribution < -0.4 is 60.2 Å². The summed E-state index contributed by atoms with van der Waals surface area (Å²) in [6, 6.07) is -1.10. The molecule has 0 heterocycles. The zero-order valence-electron chi connectivity index (χ0n) is 82.7. The van der Waals surface area contributed by atoms with Gasteiger partial charge in [-0.15, -0.1) is 11.8 Å². The fraction of sp³-hybridized carbons (Fsp3) is 0.818. The number of Topliss-reactive ketones (excluding diaryl/α,β-unsaturated/α-hetero) is 7. The van der Waals surface area contributed by atoms with Gasteiger partial charge in [-0.25, -0.2) is 0 Å². The number of ketones is 7. The van der Waals surface area contributed by atoms with Crippen LogP contribution in [0.5, 0.6) is 0 Å². The number of amides is 7. The van der Waals surface area contributed by atoms with Gasteiger partial charge in [0.25, 0.3) is 17.7 Å². The molecule has 0 aliphatic heterocycles. The molecule has 0 bridgehead atoms. The van der Waals surface area contributed by atoms with Crippen LogP contribution in [0.1, 0.15) is 241 Å². The Morgan fingerprint density at radius 2 is 0.652 bits per heavy atom. The summed E-state index contributed by atoms with van der Waals surface area (Å²) in [5.41, 5.74) is 20.9. The molecule has 29 N–H and O–H groups in total. The van der Waals surface area contributed by atoms with Crippen LogP contribution in [0, 0.1) is 5.92 Å². The van der Waals surface area contributed by atoms with E-state index < -0.39 is 138 Å². The molecule has 0 rings (SSSR count). The first-order chi connectivity index (χ1) is 63.0. The second-order valence-electron chi connectivity index (χ2n) is 28.7. The third-order valence-electron chi connectivity index (χ3n) is 16.0. The number of thioether (sulfide) groups is 2. The highest BCUT2D eigenvalue weighted by molar-refractivity contribution is 8.00. The van der Waals surface area contributed by atoms with Crippen LogP contribution in [-0.2, 0) is 95.7 Å². The van der Waals surface area contributed by atoms with Crippen molar-refractivity contribution in [2.75, 3.05) is 142 Å². The smallest absolute Gasteiger partial charge is 0.321 e. The Kier molecular flexibility index (Phi) is 125. The summed E-state index contributed by atoms with van der Waals surface area (Å²) < 4.78 is 20.4. The highest BCUT2D eigenvalue weighted by Gasteiger charge is 2.40. The molecule has 802 valence electrons. The average molecular weight is 2000 g/mol. The standard InChI is InChI=1S/C23H39N3O12S2.C15H31N3O8.C12H24N2O6.C8H16O2.C7H15NO2.C6H12O.C5H11NO.C4H8O.C3H7NO.2C2H6.CH4/c1-12(22(35)36)8-39-9-13(27)4-2-7-26-21(34)20(33)19(32)18(31)17(30)15(28)5-3-6-25-16(29)11-40-10-14(24)23(37)38;16-3-7-25-6-1-2-10(19)11(20)12(21)13(22)14(23)15(24)18-5-9-26-8-4-17;1-2-3-4-7(15)8(16)9(17)10(18)11(19)12(20)14-6-5-13;1-3-6-10-7-4-5-8(2)9;1-3-5-10-6-4-8-7(2)9;1-3-4-5-6(2)7;1-3-4-6-5(2)7;1-3-4(2)5;1-3(5)4-2;2*1-2;/h12,14,17-20,30-33H,2-11,24H2,1H3,(H,25,29)(H,26,34)(H,35,36)(H,37,38);11-14,20-23H,1-9,16-17H2,(H,18,24);8-11,16-19H,2-6,13H2,1H3,(H,14,20);3-7H2,1-2H3;3-6H2,1-2H3,(H,8,9);3-5H2,1-2H3;3-4H2,1-2H3,(H,6,7);3H2,1-2H3;1-2H3,(H,4,5);2*1-2H3;1H4/t12?,14?,17-,18+,19+,20-;11-,12+,13+,14-;8-,9+,10+,11-;;;;;;;;;/m000........./s1. The Balaban J connectivity index is -0.000000138. The van der Waals surface area contributed by atoms with Gasteiger partial charge in [0, 0.05) is 170 Å². The van der Waals surface area contributed by atoms with Crippen molar-refractivity contribution in [3.05, 3.63) is 0 Å². The number of aliphatic carboxylic acids is 2. The number of rotatable bonds is 66. The maximum absolute atomic E-state index is 12.1. The second-order valence-corrected chi connectivity index (χ2v) is 30.7. The number of nitrogens with one attached hydrogen (secondary N) is 7. The number of nitrogens with two attached hydrogens (primary N) is 4. The Bertz CT molecular complexity index is 2800. The molecule has 14 atom stereocenters. The normalized spacial score (nSPS) is 13.2. The zero-order valence-corrected chi connectivity index (χ0v) is 84.3. The molecule has 0 aliphatic carbocycles. The van der Waals surface area contributed by atoms with Gasteiger partial charge in [-0.05, 0) is 78.6 Å². The van der Waals surface area contributed by atoms with E-state index in [1.54, 1.807) is 27.8 Å². The number of aliphatic hydroxyl groups is 12. The van der Waals surface area contributed by atoms with Gasteiger partial charge in [-0.3, -0.25) is 62.3 Å². The summed E-state index contributed by atoms with van der Waals surface area (Å²) in [7, 11) is 1.60. The van der Waals surface area contributed by atoms with E-state index in [-0.39, 0.29) is 150 Å². The lowest BCUT2D eigenvalue weighted by Gasteiger charge is -2.25. The van der Waals surface area contributed by atoms with Crippen molar-refractivity contribution in [1.29, 1.82) is 0 Å². The summed E-state index contributed by atoms with van der Waals surface area (Å²) in [6.07, 6.45) is -14.5. The molecular weight excluding hydrogens is 1820 g/mol. The van der Waals surface area contributed by atoms with Crippen molar-refractivity contribution >= 4 is 117 Å². The van der Waals surface area contributed by atoms with Gasteiger partial charge in [0.1, 0.15) is 84.1 Å². The van der Waals surface area contributed by atoms with Gasteiger partial charge in [0.2, 0.25) is 23.6 Å². The lowest BCUT2D eigenvalue weighted by atomic mass is 9.97. The summed E-state index contributed by atoms with van der Waals surface area (Å²) >= 11 is 2.20. The molecule has 47 heteroatoms. The SMILES string of the molecule is C.CC.CC.CC(CSCC(=O)CCCNC(=O)[C@@H](O)[C@H](O)[C@H](O)[C@@H](O)C(=O)CCCNC(=O)CSCC(N)C(=O)O)C(=O)O.CCC(C)=O.CCCCC(=O)[C@H](O)[C@@H](O)[C@@H](O)[C@H](O)C(=O)NCCN.CCCCC(C)=O.CCCNC(C)=O.CCCOCCCC(C)=O.CCCOCCNC(C)=O.CNC(C)=O.NCCOCCCC(=O)[C@H](O)[C@@H](O)[C@@H](O)[C@H](O)C(=O)NCCOCCN. The molecular formula is C88H179N11O34S2. The molecule has 0 spiro atoms. The quantitative estimate of drug-likeness (QED) is 0.0297. The lowest BCUT2D eigenvalue weighted by molar-refractivity contribution is -0.154. The van der Waals surface area contributed by atoms with Crippen molar-refractivity contribution < 1.29 is 167 Å². The minimum Gasteiger partial charge on any atom is -0.481 e. The maximum atomic E-state index is 12.1. The number of carboxylic acids is 2. The average Bonchev–Trinajstić information content (AvgIpc) is 0.873. The highest BCUT2D eigenvalue weighted by Crippen LogP contribution is 2.15. The Morgan fingerprint density at radius 1 is 0.333 bits per heavy atom. The zero-order chi connectivity index (χ0) is 106. The minimum absolute atomic E-state index is 0. The van der Waals surface area contributed by atoms with Crippen LogP contribution in [0.4, 0.5) is 0 Å². The molecule has 135 heavy (non-hydrogen) atoms. The number of hydrogen-bond acceptors (Lipinski definition) is 38. The van der Waals surface area contributed by atoms with Gasteiger partial charge in [-0.2, -0.15) is 11.8 Å². The molecule has 0 saturated heterocycles. The number of carbonyl (C=O) groups excluding carboxylic acids is 14. The van der Waals surface area contributed by atoms with Crippen LogP contribution in [-0.4, -0.2) is 386 Å². The number of unbranched alkanes of at least 4 members (excludes halogenated alkanes) is 2. The molecule has 0 saturated carbocycles. The van der Waals surface area contributed by atoms with Crippen LogP contribution >= 0.6 is 23.5 Å². The van der Waals surface area contributed by atoms with Crippen molar-refractivity contribution in [3.8, 4) is 0 Å². The van der Waals surface area contributed by atoms with E-state index in [9.17, 15) is 138 Å². The first kappa shape index (κ1) is 153. The first-order valence-corrected chi connectivity index (χ1v) is 47.6. The molecule has 0 radical (unpaired) electrons. The number of carbonyl (C=O) groups is 16. The Labute approximate surface area is 808 Å². The second kappa shape index (κ2) is 110. The van der Waals surface area contributed by atoms with Gasteiger partial charge in [-0.1, -0.05) is 96.4 Å². The molecule has 45 nitrogen and oxygen atoms in total. The van der Waals surface area contributed by atoms with E-state index in [4.69, 9.17) is 52.1 Å². The third kappa shape index (κ3) is 109. The van der Waals surface area contributed by atoms with E-state index >= 15 is 0 Å². The summed E-state index contributed by atoms with van der Waals surface area (Å²) in [6.45, 7) is 37.2. The molecule has 7 amide bonds. The molecule has 0 aromatic heterocycles. The molecule has 0 fully saturated rings. The van der Waals surface area contributed by atoms with E-state index in [2.05, 4.69) is 58.0 Å². The van der Waals surface area contributed by atoms with Crippen LogP contribution in [0.25, 0.3) is 0 Å². The molecule has 0 aromatic carbocycles. The number of ether oxygens (including phenoxy) is 4. The fourth-order valence-corrected chi connectivity index (χ4v) is 10.0. The number of hydrogen-bond donors (Lipinski definition) is 25. The van der Waals surface area contributed by atoms with Gasteiger partial charge >= 0.3 is 11.9 Å². The van der Waals surface area contributed by atoms with E-state index in [0.717, 1.165) is 89.5 Å². The third-order valence-corrected chi connectivity index (χ3v) is 18.4. The molecule has 0 aromatic rings. The molecule has 2 unspecified atom stereocenters. The highest BCUT2D eigenvalue weighted by atomic mass is 32.2. The monoisotopic (exact) mass is 2000 g/mol. The van der Waals surface area contributed by atoms with Crippen LogP contribution in [0.2, 0.25) is 0 Å². The van der Waals surface area contributed by atoms with E-state index in [1.807, 2.05) is 48.5 Å².